The molecule has 1 heterocycles. The highest BCUT2D eigenvalue weighted by atomic mass is 35.5. The first-order chi connectivity index (χ1) is 10.3. The lowest BCUT2D eigenvalue weighted by atomic mass is 10.2. The van der Waals surface area contributed by atoms with Gasteiger partial charge in [-0.3, -0.25) is 4.79 Å². The number of carbonyl (C=O) groups is 1. The van der Waals surface area contributed by atoms with Crippen molar-refractivity contribution < 1.29 is 22.4 Å². The summed E-state index contributed by atoms with van der Waals surface area (Å²) in [5.41, 5.74) is -1.08. The number of aromatic nitrogens is 2. The Hall–Kier alpha value is -1.74. The van der Waals surface area contributed by atoms with E-state index in [1.165, 1.54) is 19.2 Å². The fraction of sp³-hybridized carbons (Fsp3) is 0.250. The molecular weight excluding hydrogens is 346 g/mol. The normalized spacial score (nSPS) is 11.3. The lowest BCUT2D eigenvalue weighted by Gasteiger charge is -2.18. The standard InChI is InChI=1S/C12H8ClF4N3OS/c1-20(5-2-3-7(13)6(4-5)10(14)15)12(21)9-8(11(16)17)18-19-22-9/h2-4,10-11H,1H3. The molecule has 22 heavy (non-hydrogen) atoms. The summed E-state index contributed by atoms with van der Waals surface area (Å²) in [4.78, 5) is 12.8. The molecule has 1 aromatic heterocycles. The minimum Gasteiger partial charge on any atom is -0.311 e. The summed E-state index contributed by atoms with van der Waals surface area (Å²) >= 11 is 6.16. The number of nitrogens with zero attached hydrogens (tertiary/aromatic N) is 3. The minimum absolute atomic E-state index is 0.0957. The van der Waals surface area contributed by atoms with Gasteiger partial charge in [0.25, 0.3) is 18.8 Å². The topological polar surface area (TPSA) is 46.1 Å². The highest BCUT2D eigenvalue weighted by molar-refractivity contribution is 7.08. The average Bonchev–Trinajstić information content (AvgIpc) is 2.95. The van der Waals surface area contributed by atoms with Crippen molar-refractivity contribution in [1.82, 2.24) is 9.59 Å². The van der Waals surface area contributed by atoms with E-state index in [4.69, 9.17) is 11.6 Å². The van der Waals surface area contributed by atoms with Gasteiger partial charge in [0.05, 0.1) is 0 Å². The monoisotopic (exact) mass is 353 g/mol. The maximum Gasteiger partial charge on any atom is 0.283 e. The second-order valence-corrected chi connectivity index (χ2v) is 5.32. The molecule has 0 N–H and O–H groups in total. The molecule has 0 aliphatic carbocycles. The van der Waals surface area contributed by atoms with E-state index in [-0.39, 0.29) is 15.6 Å². The van der Waals surface area contributed by atoms with Crippen molar-refractivity contribution in [2.24, 2.45) is 0 Å². The predicted molar refractivity (Wildman–Crippen MR) is 74.0 cm³/mol. The zero-order valence-electron chi connectivity index (χ0n) is 10.9. The summed E-state index contributed by atoms with van der Waals surface area (Å²) in [5.74, 6) is -0.812. The average molecular weight is 354 g/mol. The lowest BCUT2D eigenvalue weighted by Crippen LogP contribution is -2.26. The molecule has 10 heteroatoms. The van der Waals surface area contributed by atoms with Gasteiger partial charge in [-0.25, -0.2) is 17.6 Å². The van der Waals surface area contributed by atoms with Crippen molar-refractivity contribution in [2.45, 2.75) is 12.9 Å². The highest BCUT2D eigenvalue weighted by Crippen LogP contribution is 2.32. The molecule has 0 saturated carbocycles. The van der Waals surface area contributed by atoms with Gasteiger partial charge in [0.15, 0.2) is 5.69 Å². The zero-order chi connectivity index (χ0) is 16.4. The Balaban J connectivity index is 2.35. The number of hydrogen-bond donors (Lipinski definition) is 0. The van der Waals surface area contributed by atoms with Crippen molar-refractivity contribution in [2.75, 3.05) is 11.9 Å². The van der Waals surface area contributed by atoms with Gasteiger partial charge < -0.3 is 4.90 Å². The summed E-state index contributed by atoms with van der Waals surface area (Å²) in [6.45, 7) is 0. The van der Waals surface area contributed by atoms with Crippen molar-refractivity contribution in [3.05, 3.63) is 39.4 Å². The van der Waals surface area contributed by atoms with Crippen LogP contribution in [-0.4, -0.2) is 22.5 Å². The summed E-state index contributed by atoms with van der Waals surface area (Å²) in [6.07, 6.45) is -5.77. The van der Waals surface area contributed by atoms with Crippen LogP contribution in [0, 0.1) is 0 Å². The molecule has 0 bridgehead atoms. The molecule has 1 amide bonds. The summed E-state index contributed by atoms with van der Waals surface area (Å²) < 4.78 is 54.4. The third-order valence-electron chi connectivity index (χ3n) is 2.82. The Morgan fingerprint density at radius 3 is 2.55 bits per heavy atom. The van der Waals surface area contributed by atoms with Crippen LogP contribution in [0.2, 0.25) is 5.02 Å². The third kappa shape index (κ3) is 3.20. The minimum atomic E-state index is -2.95. The summed E-state index contributed by atoms with van der Waals surface area (Å²) in [7, 11) is 1.27. The van der Waals surface area contributed by atoms with Crippen LogP contribution in [0.15, 0.2) is 18.2 Å². The first kappa shape index (κ1) is 16.6. The number of rotatable bonds is 4. The molecule has 2 rings (SSSR count). The maximum atomic E-state index is 12.8. The van der Waals surface area contributed by atoms with Gasteiger partial charge >= 0.3 is 0 Å². The first-order valence-electron chi connectivity index (χ1n) is 5.79. The molecule has 0 aliphatic rings. The molecule has 0 radical (unpaired) electrons. The number of carbonyl (C=O) groups excluding carboxylic acids is 1. The van der Waals surface area contributed by atoms with Gasteiger partial charge in [0.1, 0.15) is 4.88 Å². The van der Waals surface area contributed by atoms with Gasteiger partial charge in [-0.15, -0.1) is 5.10 Å². The predicted octanol–water partition coefficient (Wildman–Crippen LogP) is 4.34. The van der Waals surface area contributed by atoms with Gasteiger partial charge in [0, 0.05) is 23.3 Å². The van der Waals surface area contributed by atoms with Crippen LogP contribution in [0.5, 0.6) is 0 Å². The molecule has 0 aliphatic heterocycles. The van der Waals surface area contributed by atoms with Crippen molar-refractivity contribution in [3.63, 3.8) is 0 Å². The SMILES string of the molecule is CN(C(=O)c1snnc1C(F)F)c1ccc(Cl)c(C(F)F)c1. The van der Waals surface area contributed by atoms with E-state index >= 15 is 0 Å². The van der Waals surface area contributed by atoms with Crippen LogP contribution in [0.4, 0.5) is 23.2 Å². The first-order valence-corrected chi connectivity index (χ1v) is 6.94. The van der Waals surface area contributed by atoms with E-state index in [9.17, 15) is 22.4 Å². The fourth-order valence-corrected chi connectivity index (χ4v) is 2.51. The Kier molecular flexibility index (Phi) is 4.97. The van der Waals surface area contributed by atoms with E-state index in [0.29, 0.717) is 11.5 Å². The molecule has 0 atom stereocenters. The van der Waals surface area contributed by atoms with Crippen LogP contribution >= 0.6 is 23.1 Å². The number of amides is 1. The van der Waals surface area contributed by atoms with Crippen LogP contribution in [0.25, 0.3) is 0 Å². The quantitative estimate of drug-likeness (QED) is 0.768. The maximum absolute atomic E-state index is 12.8. The van der Waals surface area contributed by atoms with E-state index in [1.807, 2.05) is 0 Å². The van der Waals surface area contributed by atoms with E-state index in [2.05, 4.69) is 9.59 Å². The molecule has 0 unspecified atom stereocenters. The molecule has 4 nitrogen and oxygen atoms in total. The molecule has 0 fully saturated rings. The second-order valence-electron chi connectivity index (χ2n) is 4.16. The van der Waals surface area contributed by atoms with Crippen molar-refractivity contribution in [1.29, 1.82) is 0 Å². The second kappa shape index (κ2) is 6.57. The summed E-state index contributed by atoms with van der Waals surface area (Å²) in [6, 6.07) is 3.57. The largest absolute Gasteiger partial charge is 0.311 e. The van der Waals surface area contributed by atoms with E-state index in [0.717, 1.165) is 11.0 Å². The van der Waals surface area contributed by atoms with Gasteiger partial charge in [0.2, 0.25) is 0 Å². The van der Waals surface area contributed by atoms with E-state index in [1.54, 1.807) is 0 Å². The van der Waals surface area contributed by atoms with E-state index < -0.39 is 30.0 Å². The number of alkyl halides is 4. The highest BCUT2D eigenvalue weighted by Gasteiger charge is 2.26. The Morgan fingerprint density at radius 1 is 1.27 bits per heavy atom. The Bertz CT molecular complexity index is 695. The number of halogens is 5. The third-order valence-corrected chi connectivity index (χ3v) is 3.89. The van der Waals surface area contributed by atoms with Gasteiger partial charge in [-0.1, -0.05) is 16.1 Å². The number of anilines is 1. The molecular formula is C12H8ClF4N3OS. The van der Waals surface area contributed by atoms with Gasteiger partial charge in [-0.2, -0.15) is 0 Å². The zero-order valence-corrected chi connectivity index (χ0v) is 12.5. The van der Waals surface area contributed by atoms with Crippen LogP contribution in [0.3, 0.4) is 0 Å². The molecule has 1 aromatic carbocycles. The molecule has 118 valence electrons. The number of benzene rings is 1. The van der Waals surface area contributed by atoms with Crippen molar-refractivity contribution in [3.8, 4) is 0 Å². The van der Waals surface area contributed by atoms with Crippen LogP contribution in [-0.2, 0) is 0 Å². The van der Waals surface area contributed by atoms with Gasteiger partial charge in [-0.05, 0) is 29.7 Å². The molecule has 0 saturated heterocycles. The van der Waals surface area contributed by atoms with Crippen LogP contribution < -0.4 is 4.90 Å². The Labute approximate surface area is 131 Å². The molecule has 0 spiro atoms. The molecule has 2 aromatic rings. The van der Waals surface area contributed by atoms with Crippen molar-refractivity contribution >= 4 is 34.7 Å². The summed E-state index contributed by atoms with van der Waals surface area (Å²) in [5, 5.41) is 3.06. The lowest BCUT2D eigenvalue weighted by molar-refractivity contribution is 0.0981. The number of hydrogen-bond acceptors (Lipinski definition) is 4. The fourth-order valence-electron chi connectivity index (χ4n) is 1.67. The smallest absolute Gasteiger partial charge is 0.283 e. The Morgan fingerprint density at radius 2 is 1.95 bits per heavy atom. The van der Waals surface area contributed by atoms with Crippen LogP contribution in [0.1, 0.15) is 33.8 Å².